The SMILES string of the molecule is CNC(=O)CC[C@H](NC(=O)c1ccc(NC[C@H]2CNc3nc(N)[nH]c(=O)c3N2C)cc1)C(=O)O. The number of aromatic nitrogens is 2. The highest BCUT2D eigenvalue weighted by Gasteiger charge is 2.27. The Balaban J connectivity index is 1.57. The molecule has 1 aliphatic heterocycles. The minimum atomic E-state index is -1.21. The van der Waals surface area contributed by atoms with Gasteiger partial charge >= 0.3 is 5.97 Å². The number of hydrogen-bond acceptors (Lipinski definition) is 9. The van der Waals surface area contributed by atoms with Crippen molar-refractivity contribution in [3.63, 3.8) is 0 Å². The van der Waals surface area contributed by atoms with Crippen LogP contribution in [0.25, 0.3) is 0 Å². The second-order valence-electron chi connectivity index (χ2n) is 7.83. The molecule has 8 N–H and O–H groups in total. The van der Waals surface area contributed by atoms with Crippen LogP contribution in [0, 0.1) is 0 Å². The molecule has 13 nitrogen and oxygen atoms in total. The molecule has 3 rings (SSSR count). The van der Waals surface area contributed by atoms with Crippen molar-refractivity contribution in [2.24, 2.45) is 0 Å². The molecular formula is C21H28N8O5. The summed E-state index contributed by atoms with van der Waals surface area (Å²) in [4.78, 5) is 55.9. The molecule has 2 heterocycles. The van der Waals surface area contributed by atoms with Crippen LogP contribution in [0.4, 0.5) is 23.1 Å². The van der Waals surface area contributed by atoms with E-state index in [2.05, 4.69) is 31.2 Å². The van der Waals surface area contributed by atoms with Gasteiger partial charge in [0.05, 0.1) is 6.04 Å². The summed E-state index contributed by atoms with van der Waals surface area (Å²) in [5, 5.41) is 20.5. The number of carboxylic acids is 1. The van der Waals surface area contributed by atoms with Crippen molar-refractivity contribution < 1.29 is 19.5 Å². The second-order valence-corrected chi connectivity index (χ2v) is 7.83. The average Bonchev–Trinajstić information content (AvgIpc) is 2.80. The second kappa shape index (κ2) is 10.6. The molecule has 2 amide bonds. The van der Waals surface area contributed by atoms with Crippen molar-refractivity contribution in [2.45, 2.75) is 24.9 Å². The molecule has 2 atom stereocenters. The van der Waals surface area contributed by atoms with E-state index in [1.165, 1.54) is 7.05 Å². The number of benzene rings is 1. The summed E-state index contributed by atoms with van der Waals surface area (Å²) in [5.41, 5.74) is 6.71. The molecule has 34 heavy (non-hydrogen) atoms. The summed E-state index contributed by atoms with van der Waals surface area (Å²) in [6.07, 6.45) is -0.0295. The van der Waals surface area contributed by atoms with E-state index in [1.54, 1.807) is 31.3 Å². The highest BCUT2D eigenvalue weighted by Crippen LogP contribution is 2.25. The molecule has 1 aromatic heterocycles. The Kier molecular flexibility index (Phi) is 7.56. The van der Waals surface area contributed by atoms with Crippen molar-refractivity contribution in [3.8, 4) is 0 Å². The van der Waals surface area contributed by atoms with Crippen molar-refractivity contribution in [1.29, 1.82) is 0 Å². The van der Waals surface area contributed by atoms with Crippen LogP contribution < -0.4 is 37.5 Å². The summed E-state index contributed by atoms with van der Waals surface area (Å²) < 4.78 is 0. The molecule has 0 bridgehead atoms. The monoisotopic (exact) mass is 472 g/mol. The Morgan fingerprint density at radius 3 is 2.65 bits per heavy atom. The predicted molar refractivity (Wildman–Crippen MR) is 127 cm³/mol. The Hall–Kier alpha value is -4.29. The molecule has 0 unspecified atom stereocenters. The van der Waals surface area contributed by atoms with Gasteiger partial charge < -0.3 is 37.0 Å². The van der Waals surface area contributed by atoms with E-state index in [9.17, 15) is 24.3 Å². The number of H-pyrrole nitrogens is 1. The summed E-state index contributed by atoms with van der Waals surface area (Å²) >= 11 is 0. The molecule has 182 valence electrons. The van der Waals surface area contributed by atoms with Gasteiger partial charge in [0, 0.05) is 44.9 Å². The van der Waals surface area contributed by atoms with E-state index in [0.717, 1.165) is 5.69 Å². The smallest absolute Gasteiger partial charge is 0.326 e. The standard InChI is InChI=1S/C21H28N8O5/c1-23-15(30)8-7-14(20(33)34)26-18(31)11-3-5-12(6-4-11)24-9-13-10-25-17-16(29(13)2)19(32)28-21(22)27-17/h3-6,13-14,24H,7-10H2,1-2H3,(H,23,30)(H,26,31)(H,33,34)(H4,22,25,27,28,32)/t13-,14-/m0/s1. The van der Waals surface area contributed by atoms with Crippen LogP contribution in [0.3, 0.4) is 0 Å². The minimum Gasteiger partial charge on any atom is -0.480 e. The summed E-state index contributed by atoms with van der Waals surface area (Å²) in [7, 11) is 3.26. The van der Waals surface area contributed by atoms with E-state index < -0.39 is 17.9 Å². The lowest BCUT2D eigenvalue weighted by Gasteiger charge is -2.35. The van der Waals surface area contributed by atoms with Crippen LogP contribution in [-0.2, 0) is 9.59 Å². The number of aromatic amines is 1. The molecule has 1 aromatic carbocycles. The molecule has 13 heteroatoms. The van der Waals surface area contributed by atoms with Gasteiger partial charge in [0.25, 0.3) is 11.5 Å². The largest absolute Gasteiger partial charge is 0.480 e. The van der Waals surface area contributed by atoms with Gasteiger partial charge in [-0.2, -0.15) is 4.98 Å². The van der Waals surface area contributed by atoms with E-state index in [-0.39, 0.29) is 41.9 Å². The third-order valence-electron chi connectivity index (χ3n) is 5.55. The maximum absolute atomic E-state index is 12.4. The van der Waals surface area contributed by atoms with E-state index in [0.29, 0.717) is 24.6 Å². The van der Waals surface area contributed by atoms with Crippen molar-refractivity contribution in [2.75, 3.05) is 48.5 Å². The number of carboxylic acid groups (broad SMARTS) is 1. The average molecular weight is 473 g/mol. The van der Waals surface area contributed by atoms with E-state index >= 15 is 0 Å². The molecule has 0 fully saturated rings. The summed E-state index contributed by atoms with van der Waals surface area (Å²) in [5.74, 6) is -1.58. The number of carbonyl (C=O) groups is 3. The van der Waals surface area contributed by atoms with Gasteiger partial charge in [0.15, 0.2) is 5.82 Å². The van der Waals surface area contributed by atoms with Crippen molar-refractivity contribution in [1.82, 2.24) is 20.6 Å². The highest BCUT2D eigenvalue weighted by molar-refractivity contribution is 5.97. The number of likely N-dealkylation sites (N-methyl/N-ethyl adjacent to an activating group) is 1. The molecular weight excluding hydrogens is 444 g/mol. The number of fused-ring (bicyclic) bond motifs is 1. The number of hydrogen-bond donors (Lipinski definition) is 7. The number of amides is 2. The zero-order valence-corrected chi connectivity index (χ0v) is 18.8. The lowest BCUT2D eigenvalue weighted by molar-refractivity contribution is -0.139. The molecule has 0 aliphatic carbocycles. The van der Waals surface area contributed by atoms with Gasteiger partial charge in [-0.05, 0) is 30.7 Å². The predicted octanol–water partition coefficient (Wildman–Crippen LogP) is -0.596. The number of nitrogen functional groups attached to an aromatic ring is 1. The van der Waals surface area contributed by atoms with Gasteiger partial charge in [-0.15, -0.1) is 0 Å². The zero-order valence-electron chi connectivity index (χ0n) is 18.8. The van der Waals surface area contributed by atoms with E-state index in [4.69, 9.17) is 5.73 Å². The van der Waals surface area contributed by atoms with Gasteiger partial charge in [-0.25, -0.2) is 4.79 Å². The van der Waals surface area contributed by atoms with Gasteiger partial charge in [-0.3, -0.25) is 19.4 Å². The van der Waals surface area contributed by atoms with Gasteiger partial charge in [0.1, 0.15) is 11.7 Å². The Bertz CT molecular complexity index is 1120. The third-order valence-corrected chi connectivity index (χ3v) is 5.55. The molecule has 0 spiro atoms. The van der Waals surface area contributed by atoms with Crippen molar-refractivity contribution >= 4 is 40.9 Å². The first kappa shape index (κ1) is 24.4. The Morgan fingerprint density at radius 2 is 2.00 bits per heavy atom. The number of anilines is 4. The number of carbonyl (C=O) groups excluding carboxylic acids is 2. The van der Waals surface area contributed by atoms with Gasteiger partial charge in [-0.1, -0.05) is 0 Å². The van der Waals surface area contributed by atoms with Crippen LogP contribution in [0.5, 0.6) is 0 Å². The maximum Gasteiger partial charge on any atom is 0.326 e. The zero-order chi connectivity index (χ0) is 24.8. The first-order valence-electron chi connectivity index (χ1n) is 10.6. The molecule has 0 saturated carbocycles. The normalized spacial score (nSPS) is 15.5. The van der Waals surface area contributed by atoms with Crippen LogP contribution >= 0.6 is 0 Å². The van der Waals surface area contributed by atoms with Gasteiger partial charge in [0.2, 0.25) is 11.9 Å². The molecule has 0 saturated heterocycles. The van der Waals surface area contributed by atoms with E-state index in [1.807, 2.05) is 4.90 Å². The minimum absolute atomic E-state index is 0.0130. The topological polar surface area (TPSA) is 195 Å². The summed E-state index contributed by atoms with van der Waals surface area (Å²) in [6, 6.07) is 5.32. The number of nitrogens with zero attached hydrogens (tertiary/aromatic N) is 2. The third kappa shape index (κ3) is 5.74. The first-order valence-corrected chi connectivity index (χ1v) is 10.6. The number of rotatable bonds is 9. The fourth-order valence-electron chi connectivity index (χ4n) is 3.55. The first-order chi connectivity index (χ1) is 16.2. The molecule has 2 aromatic rings. The number of aliphatic carboxylic acids is 1. The Morgan fingerprint density at radius 1 is 1.29 bits per heavy atom. The maximum atomic E-state index is 12.4. The van der Waals surface area contributed by atoms with Crippen LogP contribution in [0.15, 0.2) is 29.1 Å². The Labute approximate surface area is 195 Å². The molecule has 1 aliphatic rings. The van der Waals surface area contributed by atoms with Crippen LogP contribution in [0.2, 0.25) is 0 Å². The lowest BCUT2D eigenvalue weighted by atomic mass is 10.1. The fraction of sp³-hybridized carbons (Fsp3) is 0.381. The lowest BCUT2D eigenvalue weighted by Crippen LogP contribution is -2.48. The number of nitrogens with two attached hydrogens (primary N) is 1. The van der Waals surface area contributed by atoms with Crippen LogP contribution in [0.1, 0.15) is 23.2 Å². The highest BCUT2D eigenvalue weighted by atomic mass is 16.4. The van der Waals surface area contributed by atoms with Crippen molar-refractivity contribution in [3.05, 3.63) is 40.2 Å². The molecule has 0 radical (unpaired) electrons. The summed E-state index contributed by atoms with van der Waals surface area (Å²) in [6.45, 7) is 1.04. The quantitative estimate of drug-likeness (QED) is 0.248. The number of nitrogens with one attached hydrogen (secondary N) is 5. The fourth-order valence-corrected chi connectivity index (χ4v) is 3.55. The van der Waals surface area contributed by atoms with Crippen LogP contribution in [-0.4, -0.2) is 72.1 Å².